The molecule has 0 aliphatic rings. The van der Waals surface area contributed by atoms with Gasteiger partial charge in [-0.2, -0.15) is 0 Å². The van der Waals surface area contributed by atoms with Crippen molar-refractivity contribution in [1.82, 2.24) is 5.16 Å². The van der Waals surface area contributed by atoms with Crippen LogP contribution in [0.5, 0.6) is 11.5 Å². The number of aldehydes is 1. The largest absolute Gasteiger partial charge is 0.493 e. The SMILES string of the molecule is COc1ccc(C=O)cc1OCc1cc(C)on1. The highest BCUT2D eigenvalue weighted by Crippen LogP contribution is 2.28. The van der Waals surface area contributed by atoms with Crippen LogP contribution in [0.25, 0.3) is 0 Å². The summed E-state index contributed by atoms with van der Waals surface area (Å²) in [4.78, 5) is 10.7. The fraction of sp³-hybridized carbons (Fsp3) is 0.231. The maximum atomic E-state index is 10.7. The molecule has 1 aromatic heterocycles. The topological polar surface area (TPSA) is 61.6 Å². The Morgan fingerprint density at radius 1 is 1.33 bits per heavy atom. The molecule has 2 rings (SSSR count). The van der Waals surface area contributed by atoms with Crippen molar-refractivity contribution in [3.63, 3.8) is 0 Å². The standard InChI is InChI=1S/C13H13NO4/c1-9-5-11(14-18-9)8-17-13-6-10(7-15)3-4-12(13)16-2/h3-7H,8H2,1-2H3. The Bertz CT molecular complexity index is 548. The molecule has 0 amide bonds. The van der Waals surface area contributed by atoms with Crippen LogP contribution in [0.1, 0.15) is 21.8 Å². The molecule has 0 saturated carbocycles. The van der Waals surface area contributed by atoms with E-state index in [0.29, 0.717) is 22.8 Å². The number of hydrogen-bond acceptors (Lipinski definition) is 5. The highest BCUT2D eigenvalue weighted by Gasteiger charge is 2.07. The van der Waals surface area contributed by atoms with Gasteiger partial charge in [-0.1, -0.05) is 5.16 Å². The van der Waals surface area contributed by atoms with E-state index in [2.05, 4.69) is 5.16 Å². The number of hydrogen-bond donors (Lipinski definition) is 0. The number of benzene rings is 1. The van der Waals surface area contributed by atoms with Crippen LogP contribution in [0, 0.1) is 6.92 Å². The number of carbonyl (C=O) groups is 1. The van der Waals surface area contributed by atoms with E-state index >= 15 is 0 Å². The van der Waals surface area contributed by atoms with E-state index in [1.165, 1.54) is 0 Å². The normalized spacial score (nSPS) is 10.1. The van der Waals surface area contributed by atoms with Crippen LogP contribution in [0.3, 0.4) is 0 Å². The van der Waals surface area contributed by atoms with Gasteiger partial charge in [0, 0.05) is 11.6 Å². The Labute approximate surface area is 104 Å². The minimum absolute atomic E-state index is 0.260. The minimum Gasteiger partial charge on any atom is -0.493 e. The first-order valence-electron chi connectivity index (χ1n) is 5.41. The zero-order valence-corrected chi connectivity index (χ0v) is 10.2. The van der Waals surface area contributed by atoms with Gasteiger partial charge in [-0.15, -0.1) is 0 Å². The summed E-state index contributed by atoms with van der Waals surface area (Å²) in [5, 5.41) is 3.82. The molecule has 0 aliphatic heterocycles. The Morgan fingerprint density at radius 3 is 2.78 bits per heavy atom. The summed E-state index contributed by atoms with van der Waals surface area (Å²) in [6.45, 7) is 2.07. The van der Waals surface area contributed by atoms with Gasteiger partial charge in [0.25, 0.3) is 0 Å². The van der Waals surface area contributed by atoms with Crippen LogP contribution in [0.2, 0.25) is 0 Å². The van der Waals surface area contributed by atoms with Crippen molar-refractivity contribution in [3.8, 4) is 11.5 Å². The van der Waals surface area contributed by atoms with Crippen LogP contribution in [0.15, 0.2) is 28.8 Å². The fourth-order valence-corrected chi connectivity index (χ4v) is 1.52. The molecule has 0 atom stereocenters. The van der Waals surface area contributed by atoms with Crippen LogP contribution < -0.4 is 9.47 Å². The quantitative estimate of drug-likeness (QED) is 0.759. The van der Waals surface area contributed by atoms with Gasteiger partial charge in [0.15, 0.2) is 11.5 Å². The van der Waals surface area contributed by atoms with Crippen molar-refractivity contribution in [2.45, 2.75) is 13.5 Å². The molecule has 0 unspecified atom stereocenters. The second-order valence-electron chi connectivity index (χ2n) is 3.75. The summed E-state index contributed by atoms with van der Waals surface area (Å²) >= 11 is 0. The van der Waals surface area contributed by atoms with Gasteiger partial charge in [-0.05, 0) is 25.1 Å². The Balaban J connectivity index is 2.14. The summed E-state index contributed by atoms with van der Waals surface area (Å²) in [7, 11) is 1.54. The van der Waals surface area contributed by atoms with Crippen LogP contribution in [0.4, 0.5) is 0 Å². The molecule has 0 N–H and O–H groups in total. The molecule has 0 bridgehead atoms. The van der Waals surface area contributed by atoms with Crippen molar-refractivity contribution >= 4 is 6.29 Å². The predicted molar refractivity (Wildman–Crippen MR) is 64.0 cm³/mol. The summed E-state index contributed by atoms with van der Waals surface area (Å²) < 4.78 is 15.7. The van der Waals surface area contributed by atoms with E-state index in [9.17, 15) is 4.79 Å². The molecule has 18 heavy (non-hydrogen) atoms. The van der Waals surface area contributed by atoms with E-state index in [1.54, 1.807) is 31.4 Å². The van der Waals surface area contributed by atoms with E-state index < -0.39 is 0 Å². The van der Waals surface area contributed by atoms with Gasteiger partial charge in [0.05, 0.1) is 7.11 Å². The third kappa shape index (κ3) is 2.68. The van der Waals surface area contributed by atoms with E-state index in [1.807, 2.05) is 6.92 Å². The van der Waals surface area contributed by atoms with Crippen LogP contribution in [-0.4, -0.2) is 18.6 Å². The molecule has 94 valence electrons. The van der Waals surface area contributed by atoms with E-state index in [4.69, 9.17) is 14.0 Å². The van der Waals surface area contributed by atoms with Crippen LogP contribution >= 0.6 is 0 Å². The number of rotatable bonds is 5. The first-order valence-corrected chi connectivity index (χ1v) is 5.41. The highest BCUT2D eigenvalue weighted by atomic mass is 16.5. The first-order chi connectivity index (χ1) is 8.72. The molecule has 1 aromatic carbocycles. The Hall–Kier alpha value is -2.30. The molecule has 0 aliphatic carbocycles. The molecule has 1 heterocycles. The lowest BCUT2D eigenvalue weighted by molar-refractivity contribution is 0.112. The second kappa shape index (κ2) is 5.35. The second-order valence-corrected chi connectivity index (χ2v) is 3.75. The lowest BCUT2D eigenvalue weighted by Gasteiger charge is -2.09. The smallest absolute Gasteiger partial charge is 0.162 e. The van der Waals surface area contributed by atoms with E-state index in [-0.39, 0.29) is 6.61 Å². The molecular weight excluding hydrogens is 234 g/mol. The van der Waals surface area contributed by atoms with Gasteiger partial charge < -0.3 is 14.0 Å². The summed E-state index contributed by atoms with van der Waals surface area (Å²) in [6, 6.07) is 6.76. The van der Waals surface area contributed by atoms with Gasteiger partial charge in [-0.25, -0.2) is 0 Å². The van der Waals surface area contributed by atoms with Crippen molar-refractivity contribution in [2.75, 3.05) is 7.11 Å². The van der Waals surface area contributed by atoms with Crippen molar-refractivity contribution in [3.05, 3.63) is 41.3 Å². The molecular formula is C13H13NO4. The molecule has 0 spiro atoms. The summed E-state index contributed by atoms with van der Waals surface area (Å²) in [5.74, 6) is 1.80. The number of carbonyl (C=O) groups excluding carboxylic acids is 1. The highest BCUT2D eigenvalue weighted by molar-refractivity contribution is 5.76. The molecule has 2 aromatic rings. The number of aryl methyl sites for hydroxylation is 1. The number of nitrogens with zero attached hydrogens (tertiary/aromatic N) is 1. The summed E-state index contributed by atoms with van der Waals surface area (Å²) in [5.41, 5.74) is 1.22. The monoisotopic (exact) mass is 247 g/mol. The molecule has 0 fully saturated rings. The third-order valence-corrected chi connectivity index (χ3v) is 2.38. The maximum absolute atomic E-state index is 10.7. The van der Waals surface area contributed by atoms with Crippen LogP contribution in [-0.2, 0) is 6.61 Å². The minimum atomic E-state index is 0.260. The average Bonchev–Trinajstić information content (AvgIpc) is 2.81. The molecule has 0 radical (unpaired) electrons. The Kier molecular flexibility index (Phi) is 3.62. The molecule has 5 heteroatoms. The van der Waals surface area contributed by atoms with Crippen molar-refractivity contribution in [2.24, 2.45) is 0 Å². The lowest BCUT2D eigenvalue weighted by atomic mass is 10.2. The zero-order valence-electron chi connectivity index (χ0n) is 10.2. The first kappa shape index (κ1) is 12.2. The molecule has 0 saturated heterocycles. The number of methoxy groups -OCH3 is 1. The van der Waals surface area contributed by atoms with Gasteiger partial charge in [0.2, 0.25) is 0 Å². The number of aromatic nitrogens is 1. The third-order valence-electron chi connectivity index (χ3n) is 2.38. The Morgan fingerprint density at radius 2 is 2.17 bits per heavy atom. The van der Waals surface area contributed by atoms with E-state index in [0.717, 1.165) is 12.0 Å². The van der Waals surface area contributed by atoms with Gasteiger partial charge >= 0.3 is 0 Å². The predicted octanol–water partition coefficient (Wildman–Crippen LogP) is 2.38. The summed E-state index contributed by atoms with van der Waals surface area (Å²) in [6.07, 6.45) is 0.756. The zero-order chi connectivity index (χ0) is 13.0. The van der Waals surface area contributed by atoms with Crippen molar-refractivity contribution in [1.29, 1.82) is 0 Å². The van der Waals surface area contributed by atoms with Crippen molar-refractivity contribution < 1.29 is 18.8 Å². The molecule has 5 nitrogen and oxygen atoms in total. The van der Waals surface area contributed by atoms with Gasteiger partial charge in [0.1, 0.15) is 24.3 Å². The van der Waals surface area contributed by atoms with Gasteiger partial charge in [-0.3, -0.25) is 4.79 Å². The average molecular weight is 247 g/mol. The number of ether oxygens (including phenoxy) is 2. The lowest BCUT2D eigenvalue weighted by Crippen LogP contribution is -1.98. The fourth-order valence-electron chi connectivity index (χ4n) is 1.52. The maximum Gasteiger partial charge on any atom is 0.162 e.